The molecule has 168 valence electrons. The number of aliphatic carboxylic acids is 2. The SMILES string of the molecule is O=C(CC(CCn1nnc2ccccc2c1=O)(C(=O)O)C(=O)O)c1cc2ccc(O)cc2s1. The van der Waals surface area contributed by atoms with E-state index in [0.29, 0.717) is 15.6 Å². The number of carboxylic acid groups (broad SMARTS) is 2. The summed E-state index contributed by atoms with van der Waals surface area (Å²) < 4.78 is 1.50. The Morgan fingerprint density at radius 2 is 1.76 bits per heavy atom. The minimum Gasteiger partial charge on any atom is -0.508 e. The summed E-state index contributed by atoms with van der Waals surface area (Å²) in [5, 5.41) is 37.8. The van der Waals surface area contributed by atoms with Crippen molar-refractivity contribution < 1.29 is 29.7 Å². The predicted octanol–water partition coefficient (Wildman–Crippen LogP) is 2.53. The summed E-state index contributed by atoms with van der Waals surface area (Å²) in [5.41, 5.74) is -2.66. The number of aryl methyl sites for hydroxylation is 1. The molecule has 0 unspecified atom stereocenters. The molecule has 10 nitrogen and oxygen atoms in total. The molecule has 0 bridgehead atoms. The molecule has 0 amide bonds. The van der Waals surface area contributed by atoms with Crippen LogP contribution in [0.2, 0.25) is 0 Å². The molecule has 3 N–H and O–H groups in total. The van der Waals surface area contributed by atoms with Crippen molar-refractivity contribution in [1.29, 1.82) is 0 Å². The average molecular weight is 467 g/mol. The topological polar surface area (TPSA) is 160 Å². The number of ketones is 1. The number of thiophene rings is 1. The van der Waals surface area contributed by atoms with Crippen LogP contribution in [0.15, 0.2) is 53.3 Å². The van der Waals surface area contributed by atoms with Crippen molar-refractivity contribution in [3.8, 4) is 5.75 Å². The molecule has 0 atom stereocenters. The van der Waals surface area contributed by atoms with Crippen molar-refractivity contribution in [3.05, 3.63) is 63.8 Å². The number of carbonyl (C=O) groups excluding carboxylic acids is 1. The molecular formula is C22H17N3O7S. The molecule has 2 heterocycles. The average Bonchev–Trinajstić information content (AvgIpc) is 3.21. The number of rotatable bonds is 8. The number of phenolic OH excluding ortho intramolecular Hbond substituents is 1. The highest BCUT2D eigenvalue weighted by Gasteiger charge is 2.48. The van der Waals surface area contributed by atoms with E-state index in [4.69, 9.17) is 0 Å². The van der Waals surface area contributed by atoms with Gasteiger partial charge in [-0.1, -0.05) is 17.3 Å². The van der Waals surface area contributed by atoms with Gasteiger partial charge in [0.25, 0.3) is 5.56 Å². The fourth-order valence-electron chi connectivity index (χ4n) is 3.53. The fourth-order valence-corrected chi connectivity index (χ4v) is 4.56. The largest absolute Gasteiger partial charge is 0.508 e. The fraction of sp³-hybridized carbons (Fsp3) is 0.182. The third-order valence-corrected chi connectivity index (χ3v) is 6.58. The normalized spacial score (nSPS) is 11.6. The lowest BCUT2D eigenvalue weighted by atomic mass is 9.79. The van der Waals surface area contributed by atoms with Gasteiger partial charge >= 0.3 is 11.9 Å². The third kappa shape index (κ3) is 4.05. The second kappa shape index (κ2) is 8.43. The minimum atomic E-state index is -2.47. The number of carbonyl (C=O) groups is 3. The van der Waals surface area contributed by atoms with Crippen molar-refractivity contribution >= 4 is 50.0 Å². The number of phenols is 1. The van der Waals surface area contributed by atoms with Gasteiger partial charge in [0.15, 0.2) is 11.2 Å². The summed E-state index contributed by atoms with van der Waals surface area (Å²) in [6.45, 7) is -0.358. The van der Waals surface area contributed by atoms with Crippen LogP contribution in [0.25, 0.3) is 21.0 Å². The molecule has 0 saturated carbocycles. The van der Waals surface area contributed by atoms with Crippen LogP contribution in [0, 0.1) is 5.41 Å². The predicted molar refractivity (Wildman–Crippen MR) is 119 cm³/mol. The standard InChI is InChI=1S/C22H17N3O7S/c26-13-6-5-12-9-18(33-17(12)10-13)16(27)11-22(20(29)30,21(31)32)7-8-25-19(28)14-3-1-2-4-15(14)23-24-25/h1-6,9-10,26H,7-8,11H2,(H,29,30)(H,31,32). The number of benzene rings is 2. The maximum Gasteiger partial charge on any atom is 0.321 e. The molecule has 4 rings (SSSR count). The van der Waals surface area contributed by atoms with Gasteiger partial charge in [0.2, 0.25) is 0 Å². The summed E-state index contributed by atoms with van der Waals surface area (Å²) in [4.78, 5) is 49.9. The molecule has 0 spiro atoms. The van der Waals surface area contributed by atoms with E-state index in [1.54, 1.807) is 24.3 Å². The van der Waals surface area contributed by atoms with Crippen molar-refractivity contribution in [1.82, 2.24) is 15.0 Å². The molecule has 0 aliphatic rings. The Balaban J connectivity index is 1.64. The molecule has 11 heteroatoms. The van der Waals surface area contributed by atoms with Crippen LogP contribution in [0.5, 0.6) is 5.75 Å². The van der Waals surface area contributed by atoms with Crippen LogP contribution in [0.4, 0.5) is 0 Å². The first-order valence-electron chi connectivity index (χ1n) is 9.76. The van der Waals surface area contributed by atoms with E-state index in [1.807, 2.05) is 0 Å². The Kier molecular flexibility index (Phi) is 5.64. The second-order valence-corrected chi connectivity index (χ2v) is 8.59. The molecule has 4 aromatic rings. The lowest BCUT2D eigenvalue weighted by Gasteiger charge is -2.24. The third-order valence-electron chi connectivity index (χ3n) is 5.44. The first-order valence-corrected chi connectivity index (χ1v) is 10.6. The summed E-state index contributed by atoms with van der Waals surface area (Å²) in [6.07, 6.45) is -1.37. The van der Waals surface area contributed by atoms with E-state index in [9.17, 15) is 34.5 Å². The van der Waals surface area contributed by atoms with Gasteiger partial charge in [-0.2, -0.15) is 0 Å². The monoisotopic (exact) mass is 467 g/mol. The summed E-state index contributed by atoms with van der Waals surface area (Å²) >= 11 is 1.03. The Bertz CT molecular complexity index is 1460. The van der Waals surface area contributed by atoms with Crippen molar-refractivity contribution in [2.75, 3.05) is 0 Å². The Hall–Kier alpha value is -4.12. The number of aromatic hydroxyl groups is 1. The van der Waals surface area contributed by atoms with Crippen LogP contribution < -0.4 is 5.56 Å². The maximum absolute atomic E-state index is 12.9. The van der Waals surface area contributed by atoms with Crippen LogP contribution in [-0.2, 0) is 16.1 Å². The van der Waals surface area contributed by atoms with Gasteiger partial charge < -0.3 is 15.3 Å². The highest BCUT2D eigenvalue weighted by molar-refractivity contribution is 7.20. The lowest BCUT2D eigenvalue weighted by molar-refractivity contribution is -0.165. The van der Waals surface area contributed by atoms with Gasteiger partial charge in [0.1, 0.15) is 11.3 Å². The number of fused-ring (bicyclic) bond motifs is 2. The lowest BCUT2D eigenvalue weighted by Crippen LogP contribution is -2.43. The zero-order valence-corrected chi connectivity index (χ0v) is 17.8. The number of hydrogen-bond acceptors (Lipinski definition) is 8. The van der Waals surface area contributed by atoms with Crippen LogP contribution in [-0.4, -0.2) is 48.0 Å². The van der Waals surface area contributed by atoms with Crippen LogP contribution >= 0.6 is 11.3 Å². The quantitative estimate of drug-likeness (QED) is 0.261. The highest BCUT2D eigenvalue weighted by Crippen LogP contribution is 2.34. The number of hydrogen-bond donors (Lipinski definition) is 3. The smallest absolute Gasteiger partial charge is 0.321 e. The number of nitrogens with zero attached hydrogens (tertiary/aromatic N) is 3. The Labute approximate surface area is 189 Å². The molecule has 0 fully saturated rings. The molecular weight excluding hydrogens is 450 g/mol. The maximum atomic E-state index is 12.9. The first-order chi connectivity index (χ1) is 15.7. The Morgan fingerprint density at radius 3 is 2.48 bits per heavy atom. The number of carboxylic acids is 2. The van der Waals surface area contributed by atoms with Gasteiger partial charge in [-0.25, -0.2) is 4.68 Å². The van der Waals surface area contributed by atoms with Crippen molar-refractivity contribution in [2.24, 2.45) is 5.41 Å². The molecule has 0 aliphatic carbocycles. The number of aromatic nitrogens is 3. The number of Topliss-reactive ketones (excluding diaryl/α,β-unsaturated/α-hetero) is 1. The Morgan fingerprint density at radius 1 is 1.03 bits per heavy atom. The van der Waals surface area contributed by atoms with Gasteiger partial charge in [-0.05, 0) is 48.2 Å². The van der Waals surface area contributed by atoms with Gasteiger partial charge in [-0.3, -0.25) is 19.2 Å². The molecule has 0 saturated heterocycles. The second-order valence-electron chi connectivity index (χ2n) is 7.51. The summed E-state index contributed by atoms with van der Waals surface area (Å²) in [5.74, 6) is -4.04. The van der Waals surface area contributed by atoms with Gasteiger partial charge in [0, 0.05) is 17.7 Å². The van der Waals surface area contributed by atoms with Crippen molar-refractivity contribution in [2.45, 2.75) is 19.4 Å². The zero-order valence-electron chi connectivity index (χ0n) is 17.0. The van der Waals surface area contributed by atoms with Crippen LogP contribution in [0.1, 0.15) is 22.5 Å². The van der Waals surface area contributed by atoms with Gasteiger partial charge in [0.05, 0.1) is 10.3 Å². The summed E-state index contributed by atoms with van der Waals surface area (Å²) in [6, 6.07) is 12.5. The molecule has 2 aromatic heterocycles. The highest BCUT2D eigenvalue weighted by atomic mass is 32.1. The van der Waals surface area contributed by atoms with Crippen LogP contribution in [0.3, 0.4) is 0 Å². The van der Waals surface area contributed by atoms with E-state index >= 15 is 0 Å². The van der Waals surface area contributed by atoms with E-state index in [2.05, 4.69) is 10.3 Å². The minimum absolute atomic E-state index is 0.00991. The van der Waals surface area contributed by atoms with E-state index < -0.39 is 41.5 Å². The first kappa shape index (κ1) is 22.1. The zero-order chi connectivity index (χ0) is 23.8. The van der Waals surface area contributed by atoms with E-state index in [-0.39, 0.29) is 22.6 Å². The van der Waals surface area contributed by atoms with Crippen molar-refractivity contribution in [3.63, 3.8) is 0 Å². The van der Waals surface area contributed by atoms with E-state index in [1.165, 1.54) is 24.3 Å². The van der Waals surface area contributed by atoms with Gasteiger partial charge in [-0.15, -0.1) is 16.4 Å². The summed E-state index contributed by atoms with van der Waals surface area (Å²) in [7, 11) is 0. The van der Waals surface area contributed by atoms with E-state index in [0.717, 1.165) is 16.0 Å². The molecule has 2 aromatic carbocycles. The molecule has 33 heavy (non-hydrogen) atoms. The molecule has 0 radical (unpaired) electrons. The molecule has 0 aliphatic heterocycles.